The number of rotatable bonds is 4. The molecule has 0 fully saturated rings. The van der Waals surface area contributed by atoms with E-state index in [1.807, 2.05) is 6.92 Å². The fourth-order valence-electron chi connectivity index (χ4n) is 3.30. The second-order valence-electron chi connectivity index (χ2n) is 7.48. The molecule has 5 heteroatoms. The highest BCUT2D eigenvalue weighted by molar-refractivity contribution is 6.27. The number of allylic oxidation sites excluding steroid dienone is 2. The van der Waals surface area contributed by atoms with E-state index in [9.17, 15) is 4.79 Å². The predicted octanol–water partition coefficient (Wildman–Crippen LogP) is 3.81. The zero-order valence-electron chi connectivity index (χ0n) is 14.5. The highest BCUT2D eigenvalue weighted by Crippen LogP contribution is 2.48. The van der Waals surface area contributed by atoms with E-state index in [-0.39, 0.29) is 28.7 Å². The van der Waals surface area contributed by atoms with Crippen molar-refractivity contribution < 1.29 is 9.53 Å². The molecule has 124 valence electrons. The molecule has 0 aliphatic heterocycles. The van der Waals surface area contributed by atoms with Gasteiger partial charge in [0, 0.05) is 25.1 Å². The molecule has 0 saturated carbocycles. The Kier molecular flexibility index (Phi) is 6.46. The first-order chi connectivity index (χ1) is 10.1. The highest BCUT2D eigenvalue weighted by atomic mass is 35.5. The summed E-state index contributed by atoms with van der Waals surface area (Å²) in [5.41, 5.74) is 1.86. The molecule has 1 unspecified atom stereocenters. The zero-order valence-corrected chi connectivity index (χ0v) is 15.3. The molecule has 0 spiro atoms. The predicted molar refractivity (Wildman–Crippen MR) is 91.3 cm³/mol. The van der Waals surface area contributed by atoms with E-state index in [2.05, 4.69) is 43.9 Å². The molecule has 1 rings (SSSR count). The maximum Gasteiger partial charge on any atom is 0.309 e. The Bertz CT molecular complexity index is 512. The molecule has 1 aliphatic carbocycles. The first-order valence-corrected chi connectivity index (χ1v) is 8.19. The second kappa shape index (κ2) is 7.48. The molecule has 1 atom stereocenters. The summed E-state index contributed by atoms with van der Waals surface area (Å²) in [7, 11) is 1.66. The smallest absolute Gasteiger partial charge is 0.309 e. The number of hydrogen-bond acceptors (Lipinski definition) is 2. The van der Waals surface area contributed by atoms with E-state index in [0.717, 1.165) is 24.1 Å². The van der Waals surface area contributed by atoms with Crippen LogP contribution in [0.5, 0.6) is 0 Å². The van der Waals surface area contributed by atoms with E-state index in [1.165, 1.54) is 0 Å². The third-order valence-corrected chi connectivity index (χ3v) is 4.01. The summed E-state index contributed by atoms with van der Waals surface area (Å²) >= 11 is 5.63. The van der Waals surface area contributed by atoms with Crippen molar-refractivity contribution >= 4 is 17.5 Å². The van der Waals surface area contributed by atoms with Gasteiger partial charge in [-0.3, -0.25) is 4.79 Å². The van der Waals surface area contributed by atoms with E-state index in [4.69, 9.17) is 16.3 Å². The summed E-state index contributed by atoms with van der Waals surface area (Å²) < 4.78 is 5.10. The van der Waals surface area contributed by atoms with Crippen molar-refractivity contribution in [2.45, 2.75) is 53.5 Å². The monoisotopic (exact) mass is 327 g/mol. The normalized spacial score (nSPS) is 20.9. The molecular weight excluding hydrogens is 300 g/mol. The van der Waals surface area contributed by atoms with Crippen molar-refractivity contribution in [2.24, 2.45) is 10.8 Å². The molecule has 0 aromatic rings. The lowest BCUT2D eigenvalue weighted by Gasteiger charge is -2.40. The largest absolute Gasteiger partial charge is 0.376 e. The van der Waals surface area contributed by atoms with Crippen LogP contribution in [0.4, 0.5) is 0 Å². The SMILES string of the molecule is COCC(C)[N+]#CC1=C(NC(=O)CCl)CC(C)(C)CC1(C)C. The van der Waals surface area contributed by atoms with Gasteiger partial charge in [-0.25, -0.2) is 0 Å². The van der Waals surface area contributed by atoms with Gasteiger partial charge in [0.15, 0.2) is 0 Å². The third kappa shape index (κ3) is 5.30. The van der Waals surface area contributed by atoms with Gasteiger partial charge in [-0.15, -0.1) is 11.6 Å². The number of carbonyl (C=O) groups excluding carboxylic acids is 1. The van der Waals surface area contributed by atoms with Gasteiger partial charge in [0.2, 0.25) is 5.91 Å². The molecule has 0 aromatic carbocycles. The number of hydrogen-bond donors (Lipinski definition) is 1. The number of alkyl halides is 1. The van der Waals surface area contributed by atoms with Crippen LogP contribution in [0.25, 0.3) is 4.85 Å². The Hall–Kier alpha value is -1.05. The van der Waals surface area contributed by atoms with Crippen LogP contribution in [0.1, 0.15) is 47.5 Å². The minimum absolute atomic E-state index is 0.0354. The molecule has 0 heterocycles. The maximum atomic E-state index is 11.7. The van der Waals surface area contributed by atoms with Crippen molar-refractivity contribution in [2.75, 3.05) is 19.6 Å². The van der Waals surface area contributed by atoms with Crippen LogP contribution in [0.2, 0.25) is 0 Å². The van der Waals surface area contributed by atoms with E-state index >= 15 is 0 Å². The number of ether oxygens (including phenoxy) is 1. The van der Waals surface area contributed by atoms with Gasteiger partial charge >= 0.3 is 6.07 Å². The molecule has 0 radical (unpaired) electrons. The fourth-order valence-corrected chi connectivity index (χ4v) is 3.37. The zero-order chi connectivity index (χ0) is 17.0. The topological polar surface area (TPSA) is 42.7 Å². The summed E-state index contributed by atoms with van der Waals surface area (Å²) in [6.07, 6.45) is 1.80. The molecule has 22 heavy (non-hydrogen) atoms. The summed E-state index contributed by atoms with van der Waals surface area (Å²) in [5, 5.41) is 2.94. The Balaban J connectivity index is 3.21. The van der Waals surface area contributed by atoms with Crippen LogP contribution in [0.3, 0.4) is 0 Å². The van der Waals surface area contributed by atoms with Gasteiger partial charge in [-0.2, -0.15) is 0 Å². The van der Waals surface area contributed by atoms with Crippen LogP contribution in [0.15, 0.2) is 11.3 Å². The van der Waals surface area contributed by atoms with Gasteiger partial charge in [0.05, 0.1) is 0 Å². The summed E-state index contributed by atoms with van der Waals surface area (Å²) in [4.78, 5) is 16.2. The minimum Gasteiger partial charge on any atom is -0.376 e. The van der Waals surface area contributed by atoms with Crippen LogP contribution < -0.4 is 5.32 Å². The standard InChI is InChI=1S/C17H27ClN2O2/c1-12(10-22-6)19-9-13-14(20-15(21)8-18)7-16(2,3)11-17(13,4)5/h12H,7-8,10-11H2,1-6H3/p+1. The highest BCUT2D eigenvalue weighted by Gasteiger charge is 2.41. The molecule has 0 bridgehead atoms. The average Bonchev–Trinajstić information content (AvgIpc) is 2.35. The molecule has 0 aromatic heterocycles. The number of carbonyl (C=O) groups is 1. The molecule has 0 saturated heterocycles. The average molecular weight is 328 g/mol. The number of nitrogens with one attached hydrogen (secondary N) is 1. The van der Waals surface area contributed by atoms with Gasteiger partial charge in [0.1, 0.15) is 18.1 Å². The molecule has 1 amide bonds. The van der Waals surface area contributed by atoms with Crippen molar-refractivity contribution in [1.29, 1.82) is 0 Å². The minimum atomic E-state index is -0.186. The first-order valence-electron chi connectivity index (χ1n) is 7.65. The number of nitrogens with zero attached hydrogens (tertiary/aromatic N) is 1. The quantitative estimate of drug-likeness (QED) is 0.798. The molecule has 1 N–H and O–H groups in total. The van der Waals surface area contributed by atoms with E-state index in [0.29, 0.717) is 6.61 Å². The van der Waals surface area contributed by atoms with Gasteiger partial charge < -0.3 is 10.1 Å². The van der Waals surface area contributed by atoms with Crippen LogP contribution in [0, 0.1) is 16.9 Å². The summed E-state index contributed by atoms with van der Waals surface area (Å²) in [5.74, 6) is -0.233. The third-order valence-electron chi connectivity index (χ3n) is 3.77. The Labute approximate surface area is 139 Å². The Morgan fingerprint density at radius 2 is 2.09 bits per heavy atom. The van der Waals surface area contributed by atoms with Crippen LogP contribution >= 0.6 is 11.6 Å². The molecule has 1 aliphatic rings. The second-order valence-corrected chi connectivity index (χ2v) is 7.75. The fraction of sp³-hybridized carbons (Fsp3) is 0.765. The van der Waals surface area contributed by atoms with Crippen LogP contribution in [-0.2, 0) is 9.53 Å². The van der Waals surface area contributed by atoms with Gasteiger partial charge in [-0.1, -0.05) is 32.5 Å². The lowest BCUT2D eigenvalue weighted by atomic mass is 9.64. The Morgan fingerprint density at radius 1 is 1.45 bits per heavy atom. The van der Waals surface area contributed by atoms with Gasteiger partial charge in [0.25, 0.3) is 6.04 Å². The summed E-state index contributed by atoms with van der Waals surface area (Å²) in [6.45, 7) is 11.3. The van der Waals surface area contributed by atoms with Crippen molar-refractivity contribution in [3.8, 4) is 6.07 Å². The van der Waals surface area contributed by atoms with E-state index < -0.39 is 0 Å². The first kappa shape index (κ1) is 19.0. The van der Waals surface area contributed by atoms with Crippen molar-refractivity contribution in [3.63, 3.8) is 0 Å². The van der Waals surface area contributed by atoms with Crippen molar-refractivity contribution in [1.82, 2.24) is 5.32 Å². The van der Waals surface area contributed by atoms with Crippen LogP contribution in [-0.4, -0.2) is 31.5 Å². The lowest BCUT2D eigenvalue weighted by Crippen LogP contribution is -2.37. The maximum absolute atomic E-state index is 11.7. The Morgan fingerprint density at radius 3 is 2.64 bits per heavy atom. The number of amides is 1. The van der Waals surface area contributed by atoms with Gasteiger partial charge in [-0.05, 0) is 18.3 Å². The molecular formula is C17H28ClN2O2+. The number of halogens is 1. The lowest BCUT2D eigenvalue weighted by molar-refractivity contribution is -0.118. The molecule has 4 nitrogen and oxygen atoms in total. The number of methoxy groups -OCH3 is 1. The summed E-state index contributed by atoms with van der Waals surface area (Å²) in [6, 6.07) is 3.22. The van der Waals surface area contributed by atoms with E-state index in [1.54, 1.807) is 7.11 Å². The van der Waals surface area contributed by atoms with Crippen molar-refractivity contribution in [3.05, 3.63) is 16.1 Å².